The maximum absolute atomic E-state index is 12.9. The monoisotopic (exact) mass is 466 g/mol. The minimum absolute atomic E-state index is 0.0162. The fourth-order valence-corrected chi connectivity index (χ4v) is 4.73. The van der Waals surface area contributed by atoms with Crippen molar-refractivity contribution in [3.8, 4) is 0 Å². The van der Waals surface area contributed by atoms with E-state index in [0.29, 0.717) is 0 Å². The van der Waals surface area contributed by atoms with E-state index in [-0.39, 0.29) is 29.6 Å². The number of carbonyl (C=O) groups is 2. The SMILES string of the molecule is CCOC(=O)[C@H]1C=C(C)[C@H](O[Si](C)(C)C(C)(C)C)C[C@]1(O)/C(=C/C=C/C(C)C)C(=O)OC. The van der Waals surface area contributed by atoms with E-state index in [1.807, 2.05) is 26.8 Å². The van der Waals surface area contributed by atoms with Crippen molar-refractivity contribution in [2.45, 2.75) is 84.7 Å². The number of ether oxygens (including phenoxy) is 2. The number of carbonyl (C=O) groups excluding carboxylic acids is 2. The molecule has 0 saturated heterocycles. The van der Waals surface area contributed by atoms with Gasteiger partial charge >= 0.3 is 11.9 Å². The molecule has 0 aliphatic heterocycles. The Morgan fingerprint density at radius 1 is 1.31 bits per heavy atom. The molecule has 1 aliphatic rings. The first-order chi connectivity index (χ1) is 14.6. The summed E-state index contributed by atoms with van der Waals surface area (Å²) in [7, 11) is -0.927. The second kappa shape index (κ2) is 10.9. The van der Waals surface area contributed by atoms with Crippen LogP contribution in [0.1, 0.15) is 54.9 Å². The molecular weight excluding hydrogens is 424 g/mol. The van der Waals surface area contributed by atoms with E-state index < -0.39 is 37.9 Å². The molecule has 0 unspecified atom stereocenters. The molecule has 32 heavy (non-hydrogen) atoms. The molecule has 182 valence electrons. The third kappa shape index (κ3) is 6.65. The van der Waals surface area contributed by atoms with Crippen LogP contribution in [0, 0.1) is 11.8 Å². The van der Waals surface area contributed by atoms with Crippen LogP contribution in [0.3, 0.4) is 0 Å². The van der Waals surface area contributed by atoms with Crippen molar-refractivity contribution in [3.63, 3.8) is 0 Å². The Morgan fingerprint density at radius 2 is 1.91 bits per heavy atom. The van der Waals surface area contributed by atoms with Crippen LogP contribution < -0.4 is 0 Å². The second-order valence-electron chi connectivity index (χ2n) is 10.3. The van der Waals surface area contributed by atoms with Crippen LogP contribution in [0.15, 0.2) is 35.5 Å². The van der Waals surface area contributed by atoms with Crippen molar-refractivity contribution in [1.82, 2.24) is 0 Å². The van der Waals surface area contributed by atoms with Gasteiger partial charge in [-0.25, -0.2) is 4.79 Å². The van der Waals surface area contributed by atoms with Gasteiger partial charge in [-0.15, -0.1) is 0 Å². The fraction of sp³-hybridized carbons (Fsp3) is 0.680. The van der Waals surface area contributed by atoms with Gasteiger partial charge in [-0.1, -0.05) is 52.8 Å². The molecule has 0 aromatic carbocycles. The zero-order chi connectivity index (χ0) is 24.9. The van der Waals surface area contributed by atoms with Crippen molar-refractivity contribution in [1.29, 1.82) is 0 Å². The number of hydrogen-bond donors (Lipinski definition) is 1. The molecular formula is C25H42O6Si. The Morgan fingerprint density at radius 3 is 2.38 bits per heavy atom. The molecule has 0 bridgehead atoms. The molecule has 0 fully saturated rings. The van der Waals surface area contributed by atoms with Gasteiger partial charge in [0.2, 0.25) is 0 Å². The summed E-state index contributed by atoms with van der Waals surface area (Å²) in [5.41, 5.74) is -0.963. The lowest BCUT2D eigenvalue weighted by Crippen LogP contribution is -2.54. The van der Waals surface area contributed by atoms with Crippen LogP contribution in [0.2, 0.25) is 18.1 Å². The summed E-state index contributed by atoms with van der Waals surface area (Å²) < 4.78 is 16.8. The molecule has 0 aromatic rings. The second-order valence-corrected chi connectivity index (χ2v) is 15.1. The maximum Gasteiger partial charge on any atom is 0.336 e. The van der Waals surface area contributed by atoms with E-state index in [9.17, 15) is 14.7 Å². The Bertz CT molecular complexity index is 772. The minimum atomic E-state index is -2.19. The summed E-state index contributed by atoms with van der Waals surface area (Å²) in [5, 5.41) is 11.9. The molecule has 1 N–H and O–H groups in total. The summed E-state index contributed by atoms with van der Waals surface area (Å²) in [6.07, 6.45) is 6.46. The van der Waals surface area contributed by atoms with E-state index >= 15 is 0 Å². The van der Waals surface area contributed by atoms with Crippen LogP contribution in [0.25, 0.3) is 0 Å². The highest BCUT2D eigenvalue weighted by Gasteiger charge is 2.52. The van der Waals surface area contributed by atoms with Gasteiger partial charge in [0.15, 0.2) is 8.32 Å². The van der Waals surface area contributed by atoms with E-state index in [1.54, 1.807) is 19.1 Å². The summed E-state index contributed by atoms with van der Waals surface area (Å²) in [5.74, 6) is -2.06. The molecule has 3 atom stereocenters. The normalized spacial score (nSPS) is 25.1. The Hall–Kier alpha value is -1.70. The van der Waals surface area contributed by atoms with Gasteiger partial charge in [-0.05, 0) is 49.5 Å². The van der Waals surface area contributed by atoms with Crippen molar-refractivity contribution >= 4 is 20.3 Å². The van der Waals surface area contributed by atoms with E-state index in [0.717, 1.165) is 5.57 Å². The molecule has 0 spiro atoms. The first-order valence-electron chi connectivity index (χ1n) is 11.3. The van der Waals surface area contributed by atoms with Gasteiger partial charge in [0.1, 0.15) is 11.5 Å². The first kappa shape index (κ1) is 28.3. The highest BCUT2D eigenvalue weighted by Crippen LogP contribution is 2.44. The van der Waals surface area contributed by atoms with Gasteiger partial charge in [0.05, 0.1) is 25.4 Å². The average molecular weight is 467 g/mol. The Balaban J connectivity index is 3.61. The lowest BCUT2D eigenvalue weighted by molar-refractivity contribution is -0.156. The van der Waals surface area contributed by atoms with Gasteiger partial charge in [-0.2, -0.15) is 0 Å². The van der Waals surface area contributed by atoms with Crippen LogP contribution in [0.5, 0.6) is 0 Å². The van der Waals surface area contributed by atoms with Crippen molar-refractivity contribution in [3.05, 3.63) is 35.5 Å². The maximum atomic E-state index is 12.9. The number of hydrogen-bond acceptors (Lipinski definition) is 6. The number of methoxy groups -OCH3 is 1. The summed E-state index contributed by atoms with van der Waals surface area (Å²) in [6.45, 7) is 18.5. The molecule has 6 nitrogen and oxygen atoms in total. The average Bonchev–Trinajstić information content (AvgIpc) is 2.66. The number of allylic oxidation sites excluding steroid dienone is 3. The third-order valence-electron chi connectivity index (χ3n) is 6.36. The van der Waals surface area contributed by atoms with Crippen LogP contribution in [0.4, 0.5) is 0 Å². The van der Waals surface area contributed by atoms with E-state index in [4.69, 9.17) is 13.9 Å². The summed E-state index contributed by atoms with van der Waals surface area (Å²) >= 11 is 0. The molecule has 0 aromatic heterocycles. The third-order valence-corrected chi connectivity index (χ3v) is 10.8. The Labute approximate surface area is 194 Å². The highest BCUT2D eigenvalue weighted by atomic mass is 28.4. The fourth-order valence-electron chi connectivity index (χ4n) is 3.39. The van der Waals surface area contributed by atoms with Gasteiger partial charge in [0.25, 0.3) is 0 Å². The standard InChI is InChI=1S/C25H42O6Si/c1-11-30-23(27)20-15-18(4)21(31-32(9,10)24(5,6)7)16-25(20,28)19(22(26)29-8)14-12-13-17(2)3/h12-15,17,20-21,28H,11,16H2,1-10H3/b13-12+,19-14+/t20-,21-,25+/m1/s1. The topological polar surface area (TPSA) is 82.1 Å². The van der Waals surface area contributed by atoms with E-state index in [1.165, 1.54) is 13.2 Å². The smallest absolute Gasteiger partial charge is 0.336 e. The zero-order valence-electron chi connectivity index (χ0n) is 21.4. The molecule has 0 radical (unpaired) electrons. The lowest BCUT2D eigenvalue weighted by Gasteiger charge is -2.45. The highest BCUT2D eigenvalue weighted by molar-refractivity contribution is 6.74. The van der Waals surface area contributed by atoms with Crippen molar-refractivity contribution in [2.24, 2.45) is 11.8 Å². The predicted octanol–water partition coefficient (Wildman–Crippen LogP) is 4.95. The first-order valence-corrected chi connectivity index (χ1v) is 14.2. The molecule has 1 aliphatic carbocycles. The van der Waals surface area contributed by atoms with Crippen LogP contribution in [-0.4, -0.2) is 50.8 Å². The number of esters is 2. The number of rotatable bonds is 8. The lowest BCUT2D eigenvalue weighted by atomic mass is 9.71. The van der Waals surface area contributed by atoms with Crippen LogP contribution in [-0.2, 0) is 23.5 Å². The largest absolute Gasteiger partial charge is 0.466 e. The molecule has 0 heterocycles. The predicted molar refractivity (Wildman–Crippen MR) is 130 cm³/mol. The molecule has 0 amide bonds. The van der Waals surface area contributed by atoms with Crippen molar-refractivity contribution in [2.75, 3.05) is 13.7 Å². The van der Waals surface area contributed by atoms with Gasteiger partial charge < -0.3 is 19.0 Å². The summed E-state index contributed by atoms with van der Waals surface area (Å²) in [4.78, 5) is 25.6. The van der Waals surface area contributed by atoms with Crippen molar-refractivity contribution < 1.29 is 28.6 Å². The molecule has 0 saturated carbocycles. The quantitative estimate of drug-likeness (QED) is 0.179. The summed E-state index contributed by atoms with van der Waals surface area (Å²) in [6, 6.07) is 0. The molecule has 1 rings (SSSR count). The van der Waals surface area contributed by atoms with Gasteiger partial charge in [-0.3, -0.25) is 4.79 Å². The van der Waals surface area contributed by atoms with E-state index in [2.05, 4.69) is 33.9 Å². The number of aliphatic hydroxyl groups is 1. The minimum Gasteiger partial charge on any atom is -0.466 e. The van der Waals surface area contributed by atoms with Crippen LogP contribution >= 0.6 is 0 Å². The Kier molecular flexibility index (Phi) is 9.69. The zero-order valence-corrected chi connectivity index (χ0v) is 22.4. The molecule has 7 heteroatoms. The van der Waals surface area contributed by atoms with Gasteiger partial charge in [0, 0.05) is 6.42 Å².